The minimum absolute atomic E-state index is 0.00441. The first-order chi connectivity index (χ1) is 11.8. The van der Waals surface area contributed by atoms with Gasteiger partial charge in [0, 0.05) is 30.7 Å². The van der Waals surface area contributed by atoms with Crippen LogP contribution >= 0.6 is 0 Å². The highest BCUT2D eigenvalue weighted by Gasteiger charge is 2.30. The van der Waals surface area contributed by atoms with Crippen molar-refractivity contribution in [2.75, 3.05) is 13.1 Å². The lowest BCUT2D eigenvalue weighted by Gasteiger charge is -2.23. The SMILES string of the molecule is O=C(N[C@@H]1CCN(C2CCCC2)C1)c1cccc(-n2ccnn2)c1. The summed E-state index contributed by atoms with van der Waals surface area (Å²) in [6, 6.07) is 8.50. The Bertz CT molecular complexity index is 693. The second-order valence-corrected chi connectivity index (χ2v) is 6.79. The third-order valence-corrected chi connectivity index (χ3v) is 5.19. The van der Waals surface area contributed by atoms with Gasteiger partial charge in [-0.15, -0.1) is 5.10 Å². The molecular formula is C18H23N5O. The summed E-state index contributed by atoms with van der Waals surface area (Å²) in [5.41, 5.74) is 1.52. The van der Waals surface area contributed by atoms with Crippen LogP contribution in [0.15, 0.2) is 36.7 Å². The number of carbonyl (C=O) groups excluding carboxylic acids is 1. The molecule has 0 unspecified atom stereocenters. The molecule has 126 valence electrons. The molecule has 2 fully saturated rings. The van der Waals surface area contributed by atoms with Crippen molar-refractivity contribution in [2.24, 2.45) is 0 Å². The zero-order chi connectivity index (χ0) is 16.4. The zero-order valence-electron chi connectivity index (χ0n) is 13.8. The van der Waals surface area contributed by atoms with Crippen molar-refractivity contribution in [2.45, 2.75) is 44.2 Å². The van der Waals surface area contributed by atoms with Crippen molar-refractivity contribution in [1.82, 2.24) is 25.2 Å². The van der Waals surface area contributed by atoms with Gasteiger partial charge in [0.25, 0.3) is 5.91 Å². The molecule has 1 atom stereocenters. The summed E-state index contributed by atoms with van der Waals surface area (Å²) >= 11 is 0. The predicted molar refractivity (Wildman–Crippen MR) is 91.1 cm³/mol. The fourth-order valence-electron chi connectivity index (χ4n) is 3.91. The lowest BCUT2D eigenvalue weighted by Crippen LogP contribution is -2.39. The lowest BCUT2D eigenvalue weighted by atomic mass is 10.1. The van der Waals surface area contributed by atoms with Gasteiger partial charge >= 0.3 is 0 Å². The minimum atomic E-state index is -0.00441. The van der Waals surface area contributed by atoms with E-state index in [0.29, 0.717) is 5.56 Å². The Morgan fingerprint density at radius 1 is 1.21 bits per heavy atom. The van der Waals surface area contributed by atoms with Crippen molar-refractivity contribution >= 4 is 5.91 Å². The van der Waals surface area contributed by atoms with Gasteiger partial charge in [-0.25, -0.2) is 4.68 Å². The predicted octanol–water partition coefficient (Wildman–Crippen LogP) is 2.01. The highest BCUT2D eigenvalue weighted by Crippen LogP contribution is 2.26. The molecule has 2 heterocycles. The number of amides is 1. The van der Waals surface area contributed by atoms with Gasteiger partial charge in [0.1, 0.15) is 0 Å². The Balaban J connectivity index is 1.39. The smallest absolute Gasteiger partial charge is 0.251 e. The molecule has 1 saturated heterocycles. The largest absolute Gasteiger partial charge is 0.348 e. The Morgan fingerprint density at radius 2 is 2.08 bits per heavy atom. The van der Waals surface area contributed by atoms with E-state index in [1.165, 1.54) is 25.7 Å². The van der Waals surface area contributed by atoms with Crippen LogP contribution in [0.25, 0.3) is 5.69 Å². The molecule has 0 bridgehead atoms. The third-order valence-electron chi connectivity index (χ3n) is 5.19. The van der Waals surface area contributed by atoms with Gasteiger partial charge in [-0.2, -0.15) is 0 Å². The van der Waals surface area contributed by atoms with Crippen LogP contribution in [0.5, 0.6) is 0 Å². The second kappa shape index (κ2) is 6.73. The number of benzene rings is 1. The molecule has 1 amide bonds. The normalized spacial score (nSPS) is 22.1. The van der Waals surface area contributed by atoms with Crippen LogP contribution < -0.4 is 5.32 Å². The van der Waals surface area contributed by atoms with Crippen molar-refractivity contribution in [3.05, 3.63) is 42.2 Å². The van der Waals surface area contributed by atoms with E-state index in [1.54, 1.807) is 17.1 Å². The number of nitrogens with zero attached hydrogens (tertiary/aromatic N) is 4. The van der Waals surface area contributed by atoms with Crippen LogP contribution in [0.1, 0.15) is 42.5 Å². The van der Waals surface area contributed by atoms with Crippen LogP contribution in [0, 0.1) is 0 Å². The summed E-state index contributed by atoms with van der Waals surface area (Å²) in [6.07, 6.45) is 9.79. The number of aromatic nitrogens is 3. The topological polar surface area (TPSA) is 63.1 Å². The molecular weight excluding hydrogens is 302 g/mol. The van der Waals surface area contributed by atoms with E-state index in [4.69, 9.17) is 0 Å². The van der Waals surface area contributed by atoms with E-state index in [1.807, 2.05) is 24.3 Å². The van der Waals surface area contributed by atoms with Gasteiger partial charge in [-0.3, -0.25) is 9.69 Å². The molecule has 1 aromatic heterocycles. The molecule has 6 nitrogen and oxygen atoms in total. The summed E-state index contributed by atoms with van der Waals surface area (Å²) < 4.78 is 1.66. The summed E-state index contributed by atoms with van der Waals surface area (Å²) in [5, 5.41) is 11.0. The highest BCUT2D eigenvalue weighted by molar-refractivity contribution is 5.94. The van der Waals surface area contributed by atoms with Crippen LogP contribution in [-0.2, 0) is 0 Å². The molecule has 1 saturated carbocycles. The second-order valence-electron chi connectivity index (χ2n) is 6.79. The van der Waals surface area contributed by atoms with E-state index >= 15 is 0 Å². The average Bonchev–Trinajstić information content (AvgIpc) is 3.36. The van der Waals surface area contributed by atoms with Crippen molar-refractivity contribution < 1.29 is 4.79 Å². The fraction of sp³-hybridized carbons (Fsp3) is 0.500. The summed E-state index contributed by atoms with van der Waals surface area (Å²) in [4.78, 5) is 15.1. The number of nitrogens with one attached hydrogen (secondary N) is 1. The van der Waals surface area contributed by atoms with Crippen molar-refractivity contribution in [1.29, 1.82) is 0 Å². The molecule has 1 aliphatic carbocycles. The molecule has 0 radical (unpaired) electrons. The van der Waals surface area contributed by atoms with Crippen LogP contribution in [-0.4, -0.2) is 51.0 Å². The Hall–Kier alpha value is -2.21. The monoisotopic (exact) mass is 325 g/mol. The van der Waals surface area contributed by atoms with Gasteiger partial charge in [0.15, 0.2) is 0 Å². The quantitative estimate of drug-likeness (QED) is 0.934. The molecule has 1 aromatic carbocycles. The Labute approximate surface area is 141 Å². The molecule has 6 heteroatoms. The number of rotatable bonds is 4. The molecule has 2 aliphatic rings. The molecule has 0 spiro atoms. The van der Waals surface area contributed by atoms with Crippen molar-refractivity contribution in [3.8, 4) is 5.69 Å². The van der Waals surface area contributed by atoms with Gasteiger partial charge in [0.2, 0.25) is 0 Å². The first-order valence-electron chi connectivity index (χ1n) is 8.81. The van der Waals surface area contributed by atoms with Crippen LogP contribution in [0.4, 0.5) is 0 Å². The Kier molecular flexibility index (Phi) is 4.30. The molecule has 1 aliphatic heterocycles. The van der Waals surface area contributed by atoms with Crippen LogP contribution in [0.2, 0.25) is 0 Å². The van der Waals surface area contributed by atoms with Gasteiger partial charge in [-0.05, 0) is 37.5 Å². The summed E-state index contributed by atoms with van der Waals surface area (Å²) in [7, 11) is 0. The zero-order valence-corrected chi connectivity index (χ0v) is 13.8. The van der Waals surface area contributed by atoms with E-state index in [-0.39, 0.29) is 11.9 Å². The lowest BCUT2D eigenvalue weighted by molar-refractivity contribution is 0.0936. The summed E-state index contributed by atoms with van der Waals surface area (Å²) in [5.74, 6) is -0.00441. The maximum atomic E-state index is 12.6. The van der Waals surface area contributed by atoms with E-state index in [0.717, 1.165) is 31.2 Å². The molecule has 2 aromatic rings. The summed E-state index contributed by atoms with van der Waals surface area (Å²) in [6.45, 7) is 2.09. The standard InChI is InChI=1S/C18H23N5O/c24-18(14-4-3-7-17(12-14)23-11-9-19-21-23)20-15-8-10-22(13-15)16-5-1-2-6-16/h3-4,7,9,11-12,15-16H,1-2,5-6,8,10,13H2,(H,20,24)/t15-/m1/s1. The van der Waals surface area contributed by atoms with E-state index in [9.17, 15) is 4.79 Å². The fourth-order valence-corrected chi connectivity index (χ4v) is 3.91. The number of likely N-dealkylation sites (tertiary alicyclic amines) is 1. The average molecular weight is 325 g/mol. The maximum absolute atomic E-state index is 12.6. The number of hydrogen-bond acceptors (Lipinski definition) is 4. The number of hydrogen-bond donors (Lipinski definition) is 1. The molecule has 24 heavy (non-hydrogen) atoms. The minimum Gasteiger partial charge on any atom is -0.348 e. The highest BCUT2D eigenvalue weighted by atomic mass is 16.1. The van der Waals surface area contributed by atoms with Gasteiger partial charge < -0.3 is 5.32 Å². The first kappa shape index (κ1) is 15.3. The Morgan fingerprint density at radius 3 is 2.88 bits per heavy atom. The first-order valence-corrected chi connectivity index (χ1v) is 8.81. The number of carbonyl (C=O) groups is 1. The van der Waals surface area contributed by atoms with Crippen LogP contribution in [0.3, 0.4) is 0 Å². The maximum Gasteiger partial charge on any atom is 0.251 e. The molecule has 1 N–H and O–H groups in total. The van der Waals surface area contributed by atoms with E-state index in [2.05, 4.69) is 20.5 Å². The van der Waals surface area contributed by atoms with E-state index < -0.39 is 0 Å². The van der Waals surface area contributed by atoms with Gasteiger partial charge in [-0.1, -0.05) is 24.1 Å². The van der Waals surface area contributed by atoms with Crippen molar-refractivity contribution in [3.63, 3.8) is 0 Å². The third kappa shape index (κ3) is 3.19. The molecule has 4 rings (SSSR count). The van der Waals surface area contributed by atoms with Gasteiger partial charge in [0.05, 0.1) is 18.1 Å².